The maximum atomic E-state index is 9.80. The highest BCUT2D eigenvalue weighted by molar-refractivity contribution is 5.35. The van der Waals surface area contributed by atoms with Crippen LogP contribution < -0.4 is 5.32 Å². The van der Waals surface area contributed by atoms with Gasteiger partial charge in [0.1, 0.15) is 5.75 Å². The van der Waals surface area contributed by atoms with E-state index in [1.54, 1.807) is 6.07 Å². The highest BCUT2D eigenvalue weighted by Gasteiger charge is 2.33. The summed E-state index contributed by atoms with van der Waals surface area (Å²) in [6.07, 6.45) is 3.86. The zero-order chi connectivity index (χ0) is 12.5. The zero-order valence-electron chi connectivity index (χ0n) is 11.1. The number of rotatable bonds is 3. The molecule has 1 fully saturated rings. The number of aryl methyl sites for hydroxylation is 1. The average Bonchev–Trinajstić information content (AvgIpc) is 2.59. The number of benzene rings is 1. The molecule has 0 saturated heterocycles. The van der Waals surface area contributed by atoms with Gasteiger partial charge in [-0.3, -0.25) is 0 Å². The summed E-state index contributed by atoms with van der Waals surface area (Å²) in [5.41, 5.74) is 2.59. The largest absolute Gasteiger partial charge is 0.508 e. The normalized spacial score (nSPS) is 22.9. The molecule has 1 aliphatic carbocycles. The van der Waals surface area contributed by atoms with Crippen molar-refractivity contribution in [2.45, 2.75) is 52.6 Å². The van der Waals surface area contributed by atoms with E-state index in [0.717, 1.165) is 12.1 Å². The van der Waals surface area contributed by atoms with Crippen LogP contribution in [0.3, 0.4) is 0 Å². The highest BCUT2D eigenvalue weighted by atomic mass is 16.3. The first-order valence-electron chi connectivity index (χ1n) is 6.51. The van der Waals surface area contributed by atoms with Crippen LogP contribution in [-0.2, 0) is 6.54 Å². The Morgan fingerprint density at radius 3 is 2.82 bits per heavy atom. The Balaban J connectivity index is 2.00. The molecule has 2 heteroatoms. The molecule has 17 heavy (non-hydrogen) atoms. The summed E-state index contributed by atoms with van der Waals surface area (Å²) in [7, 11) is 0. The monoisotopic (exact) mass is 233 g/mol. The number of aromatic hydroxyl groups is 1. The third-order valence-corrected chi connectivity index (χ3v) is 4.03. The van der Waals surface area contributed by atoms with E-state index in [9.17, 15) is 5.11 Å². The summed E-state index contributed by atoms with van der Waals surface area (Å²) < 4.78 is 0. The molecule has 0 amide bonds. The van der Waals surface area contributed by atoms with E-state index in [2.05, 4.69) is 32.2 Å². The molecule has 1 aromatic carbocycles. The quantitative estimate of drug-likeness (QED) is 0.839. The number of phenols is 1. The predicted octanol–water partition coefficient (Wildman–Crippen LogP) is 3.37. The van der Waals surface area contributed by atoms with Crippen LogP contribution >= 0.6 is 0 Å². The molecule has 1 aliphatic rings. The lowest BCUT2D eigenvalue weighted by atomic mass is 9.87. The van der Waals surface area contributed by atoms with Crippen LogP contribution in [0.25, 0.3) is 0 Å². The van der Waals surface area contributed by atoms with Gasteiger partial charge < -0.3 is 10.4 Å². The zero-order valence-corrected chi connectivity index (χ0v) is 11.1. The van der Waals surface area contributed by atoms with E-state index in [4.69, 9.17) is 0 Å². The van der Waals surface area contributed by atoms with E-state index in [-0.39, 0.29) is 0 Å². The fourth-order valence-electron chi connectivity index (χ4n) is 2.79. The van der Waals surface area contributed by atoms with Crippen LogP contribution in [0.4, 0.5) is 0 Å². The van der Waals surface area contributed by atoms with Crippen molar-refractivity contribution >= 4 is 0 Å². The molecule has 0 bridgehead atoms. The van der Waals surface area contributed by atoms with Crippen LogP contribution in [0.15, 0.2) is 18.2 Å². The van der Waals surface area contributed by atoms with Crippen molar-refractivity contribution in [1.29, 1.82) is 0 Å². The van der Waals surface area contributed by atoms with Gasteiger partial charge in [-0.05, 0) is 31.2 Å². The minimum absolute atomic E-state index is 0.388. The minimum atomic E-state index is 0.388. The van der Waals surface area contributed by atoms with E-state index in [1.165, 1.54) is 24.8 Å². The van der Waals surface area contributed by atoms with Gasteiger partial charge in [0.2, 0.25) is 0 Å². The Labute approximate surface area is 104 Å². The van der Waals surface area contributed by atoms with Gasteiger partial charge in [-0.25, -0.2) is 0 Å². The van der Waals surface area contributed by atoms with E-state index < -0.39 is 0 Å². The lowest BCUT2D eigenvalue weighted by Crippen LogP contribution is -2.37. The number of hydrogen-bond acceptors (Lipinski definition) is 2. The smallest absolute Gasteiger partial charge is 0.120 e. The maximum Gasteiger partial charge on any atom is 0.120 e. The average molecular weight is 233 g/mol. The fourth-order valence-corrected chi connectivity index (χ4v) is 2.79. The van der Waals surface area contributed by atoms with Crippen molar-refractivity contribution in [3.05, 3.63) is 29.3 Å². The molecule has 2 N–H and O–H groups in total. The SMILES string of the molecule is Cc1ccc(O)c(CNC2CCCC2(C)C)c1. The van der Waals surface area contributed by atoms with E-state index >= 15 is 0 Å². The lowest BCUT2D eigenvalue weighted by molar-refractivity contribution is 0.281. The van der Waals surface area contributed by atoms with Gasteiger partial charge in [-0.1, -0.05) is 38.0 Å². The van der Waals surface area contributed by atoms with Gasteiger partial charge >= 0.3 is 0 Å². The van der Waals surface area contributed by atoms with Crippen molar-refractivity contribution in [2.24, 2.45) is 5.41 Å². The van der Waals surface area contributed by atoms with E-state index in [0.29, 0.717) is 17.2 Å². The second kappa shape index (κ2) is 4.69. The summed E-state index contributed by atoms with van der Waals surface area (Å²) in [6, 6.07) is 6.36. The first-order chi connectivity index (χ1) is 7.99. The molecule has 1 atom stereocenters. The van der Waals surface area contributed by atoms with E-state index in [1.807, 2.05) is 6.07 Å². The van der Waals surface area contributed by atoms with Crippen molar-refractivity contribution in [1.82, 2.24) is 5.32 Å². The van der Waals surface area contributed by atoms with Gasteiger partial charge in [-0.15, -0.1) is 0 Å². The third-order valence-electron chi connectivity index (χ3n) is 4.03. The molecule has 0 radical (unpaired) electrons. The Kier molecular flexibility index (Phi) is 3.43. The molecule has 0 spiro atoms. The Hall–Kier alpha value is -1.02. The van der Waals surface area contributed by atoms with Crippen molar-refractivity contribution in [2.75, 3.05) is 0 Å². The molecular weight excluding hydrogens is 210 g/mol. The van der Waals surface area contributed by atoms with Crippen LogP contribution in [0.2, 0.25) is 0 Å². The Morgan fingerprint density at radius 1 is 1.41 bits per heavy atom. The first-order valence-corrected chi connectivity index (χ1v) is 6.51. The molecule has 0 heterocycles. The Morgan fingerprint density at radius 2 is 2.18 bits per heavy atom. The summed E-state index contributed by atoms with van der Waals surface area (Å²) >= 11 is 0. The molecular formula is C15H23NO. The minimum Gasteiger partial charge on any atom is -0.508 e. The molecule has 2 nitrogen and oxygen atoms in total. The second-order valence-electron chi connectivity index (χ2n) is 5.95. The van der Waals surface area contributed by atoms with Crippen LogP contribution in [0.1, 0.15) is 44.2 Å². The maximum absolute atomic E-state index is 9.80. The van der Waals surface area contributed by atoms with Gasteiger partial charge in [0, 0.05) is 18.2 Å². The van der Waals surface area contributed by atoms with Crippen LogP contribution in [0.5, 0.6) is 5.75 Å². The summed E-state index contributed by atoms with van der Waals surface area (Å²) in [4.78, 5) is 0. The Bertz CT molecular complexity index is 398. The number of phenolic OH excluding ortho intramolecular Hbond substituents is 1. The molecule has 0 aromatic heterocycles. The number of hydrogen-bond donors (Lipinski definition) is 2. The fraction of sp³-hybridized carbons (Fsp3) is 0.600. The topological polar surface area (TPSA) is 32.3 Å². The second-order valence-corrected chi connectivity index (χ2v) is 5.95. The molecule has 94 valence electrons. The van der Waals surface area contributed by atoms with Crippen LogP contribution in [0, 0.1) is 12.3 Å². The molecule has 1 unspecified atom stereocenters. The predicted molar refractivity (Wildman–Crippen MR) is 71.1 cm³/mol. The standard InChI is InChI=1S/C15H23NO/c1-11-6-7-13(17)12(9-11)10-16-14-5-4-8-15(14,2)3/h6-7,9,14,16-17H,4-5,8,10H2,1-3H3. The third kappa shape index (κ3) is 2.81. The summed E-state index contributed by atoms with van der Waals surface area (Å²) in [5, 5.41) is 13.4. The highest BCUT2D eigenvalue weighted by Crippen LogP contribution is 2.37. The number of nitrogens with one attached hydrogen (secondary N) is 1. The molecule has 2 rings (SSSR count). The van der Waals surface area contributed by atoms with Crippen molar-refractivity contribution < 1.29 is 5.11 Å². The van der Waals surface area contributed by atoms with Gasteiger partial charge in [0.25, 0.3) is 0 Å². The van der Waals surface area contributed by atoms with Gasteiger partial charge in [0.05, 0.1) is 0 Å². The molecule has 1 aromatic rings. The van der Waals surface area contributed by atoms with Crippen molar-refractivity contribution in [3.8, 4) is 5.75 Å². The molecule has 1 saturated carbocycles. The summed E-state index contributed by atoms with van der Waals surface area (Å²) in [5.74, 6) is 0.402. The lowest BCUT2D eigenvalue weighted by Gasteiger charge is -2.28. The summed E-state index contributed by atoms with van der Waals surface area (Å²) in [6.45, 7) is 7.48. The van der Waals surface area contributed by atoms with Gasteiger partial charge in [0.15, 0.2) is 0 Å². The van der Waals surface area contributed by atoms with Crippen LogP contribution in [-0.4, -0.2) is 11.1 Å². The molecule has 0 aliphatic heterocycles. The van der Waals surface area contributed by atoms with Gasteiger partial charge in [-0.2, -0.15) is 0 Å². The first kappa shape index (κ1) is 12.4. The van der Waals surface area contributed by atoms with Crippen molar-refractivity contribution in [3.63, 3.8) is 0 Å².